The minimum Gasteiger partial charge on any atom is -0.394 e. The first-order chi connectivity index (χ1) is 31.3. The molecular weight excluding hydrogens is 803 g/mol. The molecule has 0 bridgehead atoms. The fraction of sp³-hybridized carbons (Fsp3) is 0.909. The van der Waals surface area contributed by atoms with Gasteiger partial charge in [0.1, 0.15) is 24.4 Å². The summed E-state index contributed by atoms with van der Waals surface area (Å²) in [6, 6.07) is -0.805. The summed E-state index contributed by atoms with van der Waals surface area (Å²) in [5.41, 5.74) is 0. The minimum absolute atomic E-state index is 0.178. The molecule has 9 nitrogen and oxygen atoms in total. The first-order valence-corrected chi connectivity index (χ1v) is 27.6. The Hall–Kier alpha value is -1.33. The van der Waals surface area contributed by atoms with E-state index < -0.39 is 49.5 Å². The molecule has 0 spiro atoms. The Bertz CT molecular complexity index is 1060. The fourth-order valence-corrected chi connectivity index (χ4v) is 8.86. The van der Waals surface area contributed by atoms with Gasteiger partial charge in [0.25, 0.3) is 0 Å². The number of aliphatic hydroxyl groups is 5. The molecule has 0 saturated carbocycles. The smallest absolute Gasteiger partial charge is 0.220 e. The zero-order chi connectivity index (χ0) is 46.6. The van der Waals surface area contributed by atoms with Crippen LogP contribution in [0.15, 0.2) is 24.3 Å². The van der Waals surface area contributed by atoms with Gasteiger partial charge in [0.15, 0.2) is 6.29 Å². The van der Waals surface area contributed by atoms with Crippen LogP contribution in [0.3, 0.4) is 0 Å². The van der Waals surface area contributed by atoms with Crippen molar-refractivity contribution in [3.63, 3.8) is 0 Å². The lowest BCUT2D eigenvalue weighted by molar-refractivity contribution is -0.302. The van der Waals surface area contributed by atoms with E-state index >= 15 is 0 Å². The predicted octanol–water partition coefficient (Wildman–Crippen LogP) is 13.0. The number of hydrogen-bond acceptors (Lipinski definition) is 8. The van der Waals surface area contributed by atoms with E-state index in [0.717, 1.165) is 38.5 Å². The fourth-order valence-electron chi connectivity index (χ4n) is 8.86. The molecule has 7 unspecified atom stereocenters. The van der Waals surface area contributed by atoms with Crippen LogP contribution in [0, 0.1) is 0 Å². The Morgan fingerprint density at radius 2 is 0.875 bits per heavy atom. The molecular formula is C55H105NO8. The zero-order valence-electron chi connectivity index (χ0n) is 41.8. The standard InChI is InChI=1S/C55H105NO8/c1-3-5-7-9-11-13-15-17-19-21-23-24-25-26-27-28-30-32-34-36-38-40-42-44-49(58)48(47-63-55-54(62)53(61)52(60)50(46-57)64-55)56-51(59)45-43-41-39-37-35-33-31-29-22-20-18-16-14-12-10-8-6-4-2/h20,22,42,44,48-50,52-55,57-58,60-62H,3-19,21,23-41,43,45-47H2,1-2H3,(H,56,59)/b22-20-,44-42+. The van der Waals surface area contributed by atoms with E-state index in [9.17, 15) is 30.3 Å². The molecule has 6 N–H and O–H groups in total. The molecule has 9 heteroatoms. The second-order valence-electron chi connectivity index (χ2n) is 19.4. The van der Waals surface area contributed by atoms with Gasteiger partial charge in [-0.15, -0.1) is 0 Å². The molecule has 1 fully saturated rings. The summed E-state index contributed by atoms with van der Waals surface area (Å²) < 4.78 is 11.3. The van der Waals surface area contributed by atoms with Gasteiger partial charge in [0.05, 0.1) is 25.4 Å². The molecule has 1 heterocycles. The molecule has 7 atom stereocenters. The van der Waals surface area contributed by atoms with Crippen molar-refractivity contribution in [1.82, 2.24) is 5.32 Å². The molecule has 1 rings (SSSR count). The average molecular weight is 908 g/mol. The molecule has 1 amide bonds. The number of unbranched alkanes of at least 4 members (excludes halogenated alkanes) is 35. The number of hydrogen-bond donors (Lipinski definition) is 6. The molecule has 378 valence electrons. The summed E-state index contributed by atoms with van der Waals surface area (Å²) in [5.74, 6) is -0.178. The molecule has 64 heavy (non-hydrogen) atoms. The lowest BCUT2D eigenvalue weighted by Gasteiger charge is -2.40. The molecule has 0 radical (unpaired) electrons. The molecule has 1 saturated heterocycles. The summed E-state index contributed by atoms with van der Waals surface area (Å²) in [7, 11) is 0. The molecule has 1 aliphatic heterocycles. The highest BCUT2D eigenvalue weighted by Crippen LogP contribution is 2.23. The largest absolute Gasteiger partial charge is 0.394 e. The number of amides is 1. The van der Waals surface area contributed by atoms with Crippen molar-refractivity contribution in [3.8, 4) is 0 Å². The minimum atomic E-state index is -1.57. The van der Waals surface area contributed by atoms with Gasteiger partial charge >= 0.3 is 0 Å². The summed E-state index contributed by atoms with van der Waals surface area (Å²) in [5, 5.41) is 54.4. The third kappa shape index (κ3) is 34.9. The van der Waals surface area contributed by atoms with E-state index in [1.54, 1.807) is 6.08 Å². The van der Waals surface area contributed by atoms with Gasteiger partial charge < -0.3 is 40.3 Å². The van der Waals surface area contributed by atoms with E-state index in [4.69, 9.17) is 9.47 Å². The van der Waals surface area contributed by atoms with Crippen LogP contribution in [0.2, 0.25) is 0 Å². The van der Waals surface area contributed by atoms with Crippen LogP contribution in [-0.2, 0) is 14.3 Å². The maximum Gasteiger partial charge on any atom is 0.220 e. The third-order valence-corrected chi connectivity index (χ3v) is 13.3. The Morgan fingerprint density at radius 3 is 1.27 bits per heavy atom. The zero-order valence-corrected chi connectivity index (χ0v) is 41.8. The number of allylic oxidation sites excluding steroid dienone is 3. The molecule has 0 aliphatic carbocycles. The number of carbonyl (C=O) groups is 1. The summed E-state index contributed by atoms with van der Waals surface area (Å²) >= 11 is 0. The molecule has 0 aromatic rings. The van der Waals surface area contributed by atoms with Gasteiger partial charge in [-0.05, 0) is 44.9 Å². The number of rotatable bonds is 47. The topological polar surface area (TPSA) is 149 Å². The first-order valence-electron chi connectivity index (χ1n) is 27.6. The van der Waals surface area contributed by atoms with Crippen molar-refractivity contribution in [2.75, 3.05) is 13.2 Å². The maximum atomic E-state index is 13.0. The first kappa shape index (κ1) is 60.7. The van der Waals surface area contributed by atoms with Gasteiger partial charge in [-0.1, -0.05) is 237 Å². The summed E-state index contributed by atoms with van der Waals surface area (Å²) in [4.78, 5) is 13.0. The highest BCUT2D eigenvalue weighted by atomic mass is 16.7. The number of ether oxygens (including phenoxy) is 2. The second-order valence-corrected chi connectivity index (χ2v) is 19.4. The Kier molecular flexibility index (Phi) is 43.1. The number of aliphatic hydroxyl groups excluding tert-OH is 5. The van der Waals surface area contributed by atoms with Crippen LogP contribution in [0.1, 0.15) is 264 Å². The van der Waals surface area contributed by atoms with Gasteiger partial charge in [-0.2, -0.15) is 0 Å². The second kappa shape index (κ2) is 45.5. The summed E-state index contributed by atoms with van der Waals surface area (Å²) in [6.45, 7) is 3.80. The van der Waals surface area contributed by atoms with E-state index in [1.807, 2.05) is 6.08 Å². The molecule has 0 aromatic heterocycles. The highest BCUT2D eigenvalue weighted by Gasteiger charge is 2.44. The van der Waals surface area contributed by atoms with E-state index in [-0.39, 0.29) is 12.5 Å². The average Bonchev–Trinajstić information content (AvgIpc) is 3.29. The van der Waals surface area contributed by atoms with Crippen molar-refractivity contribution in [2.24, 2.45) is 0 Å². The van der Waals surface area contributed by atoms with Crippen LogP contribution in [-0.4, -0.2) is 87.5 Å². The Balaban J connectivity index is 2.26. The maximum absolute atomic E-state index is 13.0. The lowest BCUT2D eigenvalue weighted by atomic mass is 9.99. The van der Waals surface area contributed by atoms with Crippen molar-refractivity contribution in [3.05, 3.63) is 24.3 Å². The number of nitrogens with one attached hydrogen (secondary N) is 1. The van der Waals surface area contributed by atoms with E-state index in [2.05, 4.69) is 31.3 Å². The van der Waals surface area contributed by atoms with Crippen LogP contribution in [0.5, 0.6) is 0 Å². The van der Waals surface area contributed by atoms with Gasteiger partial charge in [-0.25, -0.2) is 0 Å². The molecule has 0 aromatic carbocycles. The van der Waals surface area contributed by atoms with Crippen LogP contribution < -0.4 is 5.32 Å². The van der Waals surface area contributed by atoms with Crippen molar-refractivity contribution < 1.29 is 39.8 Å². The van der Waals surface area contributed by atoms with Crippen molar-refractivity contribution in [2.45, 2.75) is 307 Å². The van der Waals surface area contributed by atoms with E-state index in [0.29, 0.717) is 6.42 Å². The Labute approximate surface area is 394 Å². The van der Waals surface area contributed by atoms with Crippen LogP contribution in [0.25, 0.3) is 0 Å². The number of carbonyl (C=O) groups excluding carboxylic acids is 1. The lowest BCUT2D eigenvalue weighted by Crippen LogP contribution is -2.60. The monoisotopic (exact) mass is 908 g/mol. The third-order valence-electron chi connectivity index (χ3n) is 13.3. The van der Waals surface area contributed by atoms with Crippen LogP contribution in [0.4, 0.5) is 0 Å². The SMILES string of the molecule is CCCCCCCCC/C=C\CCCCCCCCCC(=O)NC(COC1OC(CO)C(O)C(O)C1O)C(O)/C=C/CCCCCCCCCCCCCCCCCCCCCCC. The quantitative estimate of drug-likeness (QED) is 0.0261. The van der Waals surface area contributed by atoms with Gasteiger partial charge in [0.2, 0.25) is 5.91 Å². The van der Waals surface area contributed by atoms with Crippen molar-refractivity contribution >= 4 is 5.91 Å². The normalized spacial score (nSPS) is 20.1. The van der Waals surface area contributed by atoms with Gasteiger partial charge in [0, 0.05) is 6.42 Å². The van der Waals surface area contributed by atoms with Crippen molar-refractivity contribution in [1.29, 1.82) is 0 Å². The highest BCUT2D eigenvalue weighted by molar-refractivity contribution is 5.76. The molecule has 1 aliphatic rings. The van der Waals surface area contributed by atoms with Crippen LogP contribution >= 0.6 is 0 Å². The van der Waals surface area contributed by atoms with E-state index in [1.165, 1.54) is 205 Å². The van der Waals surface area contributed by atoms with Gasteiger partial charge in [-0.3, -0.25) is 4.79 Å². The predicted molar refractivity (Wildman–Crippen MR) is 267 cm³/mol. The summed E-state index contributed by atoms with van der Waals surface area (Å²) in [6.07, 6.45) is 49.5. The Morgan fingerprint density at radius 1 is 0.516 bits per heavy atom.